The summed E-state index contributed by atoms with van der Waals surface area (Å²) < 4.78 is 40.5. The Morgan fingerprint density at radius 3 is 2.50 bits per heavy atom. The molecule has 1 aromatic carbocycles. The highest BCUT2D eigenvalue weighted by molar-refractivity contribution is 6.01. The quantitative estimate of drug-likeness (QED) is 0.749. The zero-order chi connectivity index (χ0) is 19.1. The molecule has 3 rings (SSSR count). The van der Waals surface area contributed by atoms with E-state index in [-0.39, 0.29) is 41.3 Å². The molecule has 0 aliphatic heterocycles. The number of alkyl halides is 3. The second-order valence-electron chi connectivity index (χ2n) is 6.26. The summed E-state index contributed by atoms with van der Waals surface area (Å²) in [4.78, 5) is 27.2. The van der Waals surface area contributed by atoms with E-state index in [0.717, 1.165) is 18.9 Å². The van der Waals surface area contributed by atoms with Crippen LogP contribution in [0, 0.1) is 0 Å². The number of rotatable bonds is 5. The third-order valence-electron chi connectivity index (χ3n) is 4.23. The first kappa shape index (κ1) is 18.1. The Balaban J connectivity index is 2.07. The summed E-state index contributed by atoms with van der Waals surface area (Å²) in [5, 5.41) is 2.43. The molecule has 1 aliphatic carbocycles. The number of nitrogens with one attached hydrogen (secondary N) is 1. The molecular formula is C17H17F3N4O2. The van der Waals surface area contributed by atoms with Gasteiger partial charge in [0.05, 0.1) is 24.2 Å². The number of nitrogens with two attached hydrogens (primary N) is 2. The molecule has 1 amide bonds. The van der Waals surface area contributed by atoms with Gasteiger partial charge in [-0.15, -0.1) is 0 Å². The van der Waals surface area contributed by atoms with Crippen molar-refractivity contribution in [3.63, 3.8) is 0 Å². The van der Waals surface area contributed by atoms with Crippen LogP contribution in [0.15, 0.2) is 18.2 Å². The van der Waals surface area contributed by atoms with Gasteiger partial charge in [0, 0.05) is 11.1 Å². The van der Waals surface area contributed by atoms with E-state index < -0.39 is 23.4 Å². The van der Waals surface area contributed by atoms with Crippen molar-refractivity contribution < 1.29 is 22.8 Å². The van der Waals surface area contributed by atoms with Crippen LogP contribution in [0.2, 0.25) is 0 Å². The molecule has 1 heterocycles. The highest BCUT2D eigenvalue weighted by Crippen LogP contribution is 2.44. The van der Waals surface area contributed by atoms with Gasteiger partial charge in [-0.05, 0) is 42.5 Å². The van der Waals surface area contributed by atoms with Crippen LogP contribution >= 0.6 is 0 Å². The Kier molecular flexibility index (Phi) is 4.57. The van der Waals surface area contributed by atoms with Gasteiger partial charge in [-0.1, -0.05) is 0 Å². The van der Waals surface area contributed by atoms with Crippen LogP contribution in [-0.4, -0.2) is 29.8 Å². The molecule has 9 heteroatoms. The van der Waals surface area contributed by atoms with Gasteiger partial charge in [0.2, 0.25) is 0 Å². The van der Waals surface area contributed by atoms with Crippen molar-refractivity contribution in [2.24, 2.45) is 5.73 Å². The molecule has 1 saturated carbocycles. The normalized spacial score (nSPS) is 14.5. The first-order valence-electron chi connectivity index (χ1n) is 8.02. The van der Waals surface area contributed by atoms with Crippen LogP contribution in [0.4, 0.5) is 18.9 Å². The molecule has 2 aromatic rings. The SMILES string of the molecule is NCC(=O)CNC(=O)c1cc(N)c2cc(C3CC3)cc(C(F)(F)F)c2n1. The van der Waals surface area contributed by atoms with Crippen molar-refractivity contribution in [2.75, 3.05) is 18.8 Å². The molecule has 0 spiro atoms. The number of pyridine rings is 1. The van der Waals surface area contributed by atoms with Gasteiger partial charge in [0.15, 0.2) is 5.78 Å². The summed E-state index contributed by atoms with van der Waals surface area (Å²) in [7, 11) is 0. The number of benzene rings is 1. The molecule has 5 N–H and O–H groups in total. The number of carbonyl (C=O) groups excluding carboxylic acids is 2. The Labute approximate surface area is 146 Å². The number of aromatic nitrogens is 1. The van der Waals surface area contributed by atoms with Gasteiger partial charge in [0.1, 0.15) is 5.69 Å². The van der Waals surface area contributed by atoms with Gasteiger partial charge >= 0.3 is 6.18 Å². The highest BCUT2D eigenvalue weighted by atomic mass is 19.4. The minimum Gasteiger partial charge on any atom is -0.398 e. The number of anilines is 1. The van der Waals surface area contributed by atoms with Crippen molar-refractivity contribution >= 4 is 28.3 Å². The lowest BCUT2D eigenvalue weighted by Crippen LogP contribution is -2.33. The number of ketones is 1. The second-order valence-corrected chi connectivity index (χ2v) is 6.26. The zero-order valence-electron chi connectivity index (χ0n) is 13.7. The zero-order valence-corrected chi connectivity index (χ0v) is 13.7. The average Bonchev–Trinajstić information content (AvgIpc) is 3.42. The standard InChI is InChI=1S/C17H17F3N4O2/c18-17(19,20)12-4-9(8-1-2-8)3-11-13(22)5-14(24-15(11)12)16(26)23-7-10(25)6-21/h3-5,8H,1-2,6-7,21H2,(H2,22,24)(H,23,26). The van der Waals surface area contributed by atoms with Crippen LogP contribution in [0.5, 0.6) is 0 Å². The summed E-state index contributed by atoms with van der Waals surface area (Å²) >= 11 is 0. The molecule has 0 saturated heterocycles. The third kappa shape index (κ3) is 3.62. The molecule has 0 atom stereocenters. The van der Waals surface area contributed by atoms with Crippen LogP contribution in [-0.2, 0) is 11.0 Å². The fraction of sp³-hybridized carbons (Fsp3) is 0.353. The number of hydrogen-bond donors (Lipinski definition) is 3. The first-order chi connectivity index (χ1) is 12.2. The largest absolute Gasteiger partial charge is 0.418 e. The monoisotopic (exact) mass is 366 g/mol. The van der Waals surface area contributed by atoms with Gasteiger partial charge in [-0.25, -0.2) is 4.98 Å². The lowest BCUT2D eigenvalue weighted by molar-refractivity contribution is -0.136. The van der Waals surface area contributed by atoms with Crippen molar-refractivity contribution in [2.45, 2.75) is 24.9 Å². The summed E-state index contributed by atoms with van der Waals surface area (Å²) in [5.41, 5.74) is 10.1. The summed E-state index contributed by atoms with van der Waals surface area (Å²) in [6.45, 7) is -0.586. The minimum atomic E-state index is -4.63. The number of amides is 1. The number of carbonyl (C=O) groups is 2. The van der Waals surface area contributed by atoms with Gasteiger partial charge in [-0.2, -0.15) is 13.2 Å². The van der Waals surface area contributed by atoms with E-state index in [1.807, 2.05) is 0 Å². The lowest BCUT2D eigenvalue weighted by Gasteiger charge is -2.15. The van der Waals surface area contributed by atoms with E-state index in [9.17, 15) is 22.8 Å². The summed E-state index contributed by atoms with van der Waals surface area (Å²) in [6, 6.07) is 3.89. The number of hydrogen-bond acceptors (Lipinski definition) is 5. The number of nitrogens with zero attached hydrogens (tertiary/aromatic N) is 1. The van der Waals surface area contributed by atoms with Gasteiger partial charge in [0.25, 0.3) is 5.91 Å². The number of Topliss-reactive ketones (excluding diaryl/α,β-unsaturated/α-hetero) is 1. The summed E-state index contributed by atoms with van der Waals surface area (Å²) in [5.74, 6) is -1.11. The topological polar surface area (TPSA) is 111 Å². The maximum Gasteiger partial charge on any atom is 0.418 e. The maximum absolute atomic E-state index is 13.5. The fourth-order valence-electron chi connectivity index (χ4n) is 2.70. The van der Waals surface area contributed by atoms with Crippen molar-refractivity contribution in [3.8, 4) is 0 Å². The van der Waals surface area contributed by atoms with Crippen LogP contribution in [0.1, 0.15) is 40.4 Å². The van der Waals surface area contributed by atoms with Crippen molar-refractivity contribution in [1.82, 2.24) is 10.3 Å². The van der Waals surface area contributed by atoms with Crippen molar-refractivity contribution in [1.29, 1.82) is 0 Å². The van der Waals surface area contributed by atoms with Gasteiger partial charge < -0.3 is 16.8 Å². The maximum atomic E-state index is 13.5. The number of halogens is 3. The van der Waals surface area contributed by atoms with E-state index in [1.54, 1.807) is 6.07 Å². The number of fused-ring (bicyclic) bond motifs is 1. The molecule has 1 fully saturated rings. The molecule has 1 aliphatic rings. The molecule has 6 nitrogen and oxygen atoms in total. The van der Waals surface area contributed by atoms with Crippen LogP contribution in [0.3, 0.4) is 0 Å². The second kappa shape index (κ2) is 6.56. The molecule has 138 valence electrons. The Morgan fingerprint density at radius 2 is 1.92 bits per heavy atom. The highest BCUT2D eigenvalue weighted by Gasteiger charge is 2.36. The molecule has 0 bridgehead atoms. The van der Waals surface area contributed by atoms with Crippen LogP contribution in [0.25, 0.3) is 10.9 Å². The fourth-order valence-corrected chi connectivity index (χ4v) is 2.70. The third-order valence-corrected chi connectivity index (χ3v) is 4.23. The van der Waals surface area contributed by atoms with E-state index in [2.05, 4.69) is 10.3 Å². The van der Waals surface area contributed by atoms with E-state index in [1.165, 1.54) is 6.07 Å². The predicted molar refractivity (Wildman–Crippen MR) is 89.5 cm³/mol. The van der Waals surface area contributed by atoms with Crippen LogP contribution < -0.4 is 16.8 Å². The number of nitrogen functional groups attached to an aromatic ring is 1. The average molecular weight is 366 g/mol. The Bertz CT molecular complexity index is 892. The van der Waals surface area contributed by atoms with E-state index in [4.69, 9.17) is 11.5 Å². The smallest absolute Gasteiger partial charge is 0.398 e. The molecule has 26 heavy (non-hydrogen) atoms. The summed E-state index contributed by atoms with van der Waals surface area (Å²) in [6.07, 6.45) is -2.95. The molecule has 1 aromatic heterocycles. The molecule has 0 radical (unpaired) electrons. The first-order valence-corrected chi connectivity index (χ1v) is 8.02. The predicted octanol–water partition coefficient (Wildman–Crippen LogP) is 1.97. The van der Waals surface area contributed by atoms with E-state index in [0.29, 0.717) is 5.56 Å². The minimum absolute atomic E-state index is 0.0262. The molecular weight excluding hydrogens is 349 g/mol. The van der Waals surface area contributed by atoms with Crippen molar-refractivity contribution in [3.05, 3.63) is 35.0 Å². The Morgan fingerprint density at radius 1 is 1.23 bits per heavy atom. The van der Waals surface area contributed by atoms with Gasteiger partial charge in [-0.3, -0.25) is 9.59 Å². The van der Waals surface area contributed by atoms with E-state index >= 15 is 0 Å². The molecule has 0 unspecified atom stereocenters. The Hall–Kier alpha value is -2.68. The lowest BCUT2D eigenvalue weighted by atomic mass is 10.00.